The van der Waals surface area contributed by atoms with Crippen LogP contribution in [0.25, 0.3) is 0 Å². The third-order valence-electron chi connectivity index (χ3n) is 4.26. The molecule has 2 aromatic rings. The van der Waals surface area contributed by atoms with Crippen LogP contribution in [0.2, 0.25) is 0 Å². The van der Waals surface area contributed by atoms with Crippen LogP contribution in [-0.2, 0) is 9.47 Å². The Morgan fingerprint density at radius 2 is 2.11 bits per heavy atom. The number of ether oxygens (including phenoxy) is 2. The van der Waals surface area contributed by atoms with Gasteiger partial charge >= 0.3 is 11.7 Å². The van der Waals surface area contributed by atoms with Crippen molar-refractivity contribution in [1.29, 1.82) is 0 Å². The van der Waals surface area contributed by atoms with Crippen molar-refractivity contribution in [3.8, 4) is 0 Å². The lowest BCUT2D eigenvalue weighted by Crippen LogP contribution is -2.32. The molecule has 2 heterocycles. The highest BCUT2D eigenvalue weighted by Crippen LogP contribution is 2.27. The molecule has 10 nitrogen and oxygen atoms in total. The number of nitrogens with zero attached hydrogens (tertiary/aromatic N) is 2. The van der Waals surface area contributed by atoms with Gasteiger partial charge in [-0.25, -0.2) is 9.59 Å². The van der Waals surface area contributed by atoms with Crippen molar-refractivity contribution in [3.63, 3.8) is 0 Å². The molecular formula is C18H19N3O7. The number of carbonyl (C=O) groups is 2. The molecule has 1 fully saturated rings. The van der Waals surface area contributed by atoms with Crippen LogP contribution in [0.5, 0.6) is 0 Å². The fourth-order valence-corrected chi connectivity index (χ4v) is 2.87. The molecule has 148 valence electrons. The van der Waals surface area contributed by atoms with E-state index in [1.54, 1.807) is 0 Å². The highest BCUT2D eigenvalue weighted by molar-refractivity contribution is 6.05. The van der Waals surface area contributed by atoms with Crippen LogP contribution in [0, 0.1) is 0 Å². The van der Waals surface area contributed by atoms with Gasteiger partial charge in [0.1, 0.15) is 11.9 Å². The van der Waals surface area contributed by atoms with Gasteiger partial charge in [-0.2, -0.15) is 4.98 Å². The molecule has 3 N–H and O–H groups in total. The Kier molecular flexibility index (Phi) is 5.83. The van der Waals surface area contributed by atoms with Crippen molar-refractivity contribution < 1.29 is 29.3 Å². The lowest BCUT2D eigenvalue weighted by Gasteiger charge is -2.17. The van der Waals surface area contributed by atoms with E-state index >= 15 is 0 Å². The van der Waals surface area contributed by atoms with E-state index in [9.17, 15) is 19.5 Å². The van der Waals surface area contributed by atoms with E-state index in [1.165, 1.54) is 43.6 Å². The maximum atomic E-state index is 12.4. The Hall–Kier alpha value is -3.08. The number of anilines is 1. The second-order valence-corrected chi connectivity index (χ2v) is 6.16. The molecule has 0 spiro atoms. The molecule has 1 saturated heterocycles. The number of esters is 1. The minimum atomic E-state index is -0.960. The minimum absolute atomic E-state index is 0.000848. The van der Waals surface area contributed by atoms with E-state index < -0.39 is 36.0 Å². The summed E-state index contributed by atoms with van der Waals surface area (Å²) in [5.41, 5.74) is -0.331. The Labute approximate surface area is 159 Å². The molecule has 0 radical (unpaired) electrons. The van der Waals surface area contributed by atoms with Crippen molar-refractivity contribution in [2.45, 2.75) is 24.9 Å². The topological polar surface area (TPSA) is 140 Å². The second-order valence-electron chi connectivity index (χ2n) is 6.16. The van der Waals surface area contributed by atoms with E-state index in [4.69, 9.17) is 9.84 Å². The van der Waals surface area contributed by atoms with Crippen LogP contribution in [0.3, 0.4) is 0 Å². The number of aromatic nitrogens is 2. The van der Waals surface area contributed by atoms with Crippen molar-refractivity contribution in [2.75, 3.05) is 19.0 Å². The molecule has 1 aromatic carbocycles. The van der Waals surface area contributed by atoms with Crippen molar-refractivity contribution in [3.05, 3.63) is 58.1 Å². The summed E-state index contributed by atoms with van der Waals surface area (Å²) in [5, 5.41) is 21.6. The average Bonchev–Trinajstić information content (AvgIpc) is 3.08. The van der Waals surface area contributed by atoms with E-state index in [-0.39, 0.29) is 30.0 Å². The monoisotopic (exact) mass is 389 g/mol. The number of amides is 1. The molecule has 1 aliphatic heterocycles. The summed E-state index contributed by atoms with van der Waals surface area (Å²) in [6, 6.07) is 7.28. The molecule has 3 atom stereocenters. The summed E-state index contributed by atoms with van der Waals surface area (Å²) >= 11 is 0. The number of rotatable bonds is 5. The third kappa shape index (κ3) is 4.09. The summed E-state index contributed by atoms with van der Waals surface area (Å²) in [6.45, 7) is -0.269. The molecule has 0 bridgehead atoms. The maximum Gasteiger partial charge on any atom is 0.351 e. The standard InChI is InChI=1S/C18H19N3O7/c1-27-17(25)11-4-2-3-10(7-11)15(24)19-14-5-6-21(18(26)20-14)16-13(23)8-12(9-22)28-16/h2-7,12-13,16,22-23H,8-9H2,1H3,(H,19,20,24,26). The van der Waals surface area contributed by atoms with Crippen molar-refractivity contribution >= 4 is 17.7 Å². The van der Waals surface area contributed by atoms with E-state index in [0.717, 1.165) is 4.57 Å². The smallest absolute Gasteiger partial charge is 0.351 e. The number of hydrogen-bond acceptors (Lipinski definition) is 8. The third-order valence-corrected chi connectivity index (χ3v) is 4.26. The largest absolute Gasteiger partial charge is 0.465 e. The SMILES string of the molecule is COC(=O)c1cccc(C(=O)Nc2ccn(C3OC(CO)CC3O)c(=O)n2)c1. The normalized spacial score (nSPS) is 21.3. The lowest BCUT2D eigenvalue weighted by atomic mass is 10.1. The quantitative estimate of drug-likeness (QED) is 0.604. The molecule has 3 rings (SSSR count). The molecule has 1 aromatic heterocycles. The van der Waals surface area contributed by atoms with Crippen molar-refractivity contribution in [1.82, 2.24) is 9.55 Å². The molecule has 28 heavy (non-hydrogen) atoms. The van der Waals surface area contributed by atoms with E-state index in [1.807, 2.05) is 0 Å². The predicted molar refractivity (Wildman–Crippen MR) is 95.9 cm³/mol. The number of aliphatic hydroxyl groups excluding tert-OH is 2. The summed E-state index contributed by atoms with van der Waals surface area (Å²) in [6.07, 6.45) is -0.948. The van der Waals surface area contributed by atoms with Crippen LogP contribution in [0.15, 0.2) is 41.3 Å². The molecule has 3 unspecified atom stereocenters. The number of benzene rings is 1. The second kappa shape index (κ2) is 8.30. The molecule has 1 amide bonds. The Morgan fingerprint density at radius 1 is 1.36 bits per heavy atom. The van der Waals surface area contributed by atoms with Gasteiger partial charge < -0.3 is 25.0 Å². The van der Waals surface area contributed by atoms with Gasteiger partial charge in [-0.05, 0) is 24.3 Å². The van der Waals surface area contributed by atoms with Crippen LogP contribution in [0.1, 0.15) is 33.4 Å². The highest BCUT2D eigenvalue weighted by atomic mass is 16.5. The zero-order valence-electron chi connectivity index (χ0n) is 14.9. The highest BCUT2D eigenvalue weighted by Gasteiger charge is 2.35. The fourth-order valence-electron chi connectivity index (χ4n) is 2.87. The molecular weight excluding hydrogens is 370 g/mol. The van der Waals surface area contributed by atoms with E-state index in [0.29, 0.717) is 0 Å². The summed E-state index contributed by atoms with van der Waals surface area (Å²) in [5.74, 6) is -1.14. The summed E-state index contributed by atoms with van der Waals surface area (Å²) < 4.78 is 11.1. The minimum Gasteiger partial charge on any atom is -0.465 e. The van der Waals surface area contributed by atoms with Crippen LogP contribution < -0.4 is 11.0 Å². The maximum absolute atomic E-state index is 12.4. The molecule has 10 heteroatoms. The fraction of sp³-hybridized carbons (Fsp3) is 0.333. The Bertz CT molecular complexity index is 943. The van der Waals surface area contributed by atoms with Crippen LogP contribution in [0.4, 0.5) is 5.82 Å². The first-order chi connectivity index (χ1) is 13.4. The first-order valence-electron chi connectivity index (χ1n) is 8.46. The van der Waals surface area contributed by atoms with E-state index in [2.05, 4.69) is 15.0 Å². The Balaban J connectivity index is 1.75. The first kappa shape index (κ1) is 19.7. The van der Waals surface area contributed by atoms with Gasteiger partial charge in [-0.1, -0.05) is 6.07 Å². The number of methoxy groups -OCH3 is 1. The summed E-state index contributed by atoms with van der Waals surface area (Å²) in [7, 11) is 1.24. The molecule has 1 aliphatic rings. The van der Waals surface area contributed by atoms with Gasteiger partial charge in [0, 0.05) is 18.2 Å². The number of hydrogen-bond donors (Lipinski definition) is 3. The van der Waals surface area contributed by atoms with Gasteiger partial charge in [0.2, 0.25) is 0 Å². The zero-order valence-corrected chi connectivity index (χ0v) is 14.9. The number of aliphatic hydroxyl groups is 2. The van der Waals surface area contributed by atoms with Crippen LogP contribution in [-0.4, -0.2) is 57.6 Å². The van der Waals surface area contributed by atoms with Crippen molar-refractivity contribution in [2.24, 2.45) is 0 Å². The van der Waals surface area contributed by atoms with Gasteiger partial charge in [0.25, 0.3) is 5.91 Å². The predicted octanol–water partition coefficient (Wildman–Crippen LogP) is -0.0771. The number of carbonyl (C=O) groups excluding carboxylic acids is 2. The van der Waals surface area contributed by atoms with Gasteiger partial charge in [-0.15, -0.1) is 0 Å². The lowest BCUT2D eigenvalue weighted by molar-refractivity contribution is -0.0529. The zero-order chi connectivity index (χ0) is 20.3. The first-order valence-corrected chi connectivity index (χ1v) is 8.46. The molecule has 0 aliphatic carbocycles. The van der Waals surface area contributed by atoms with Gasteiger partial charge in [0.05, 0.1) is 25.4 Å². The average molecular weight is 389 g/mol. The van der Waals surface area contributed by atoms with Crippen LogP contribution >= 0.6 is 0 Å². The van der Waals surface area contributed by atoms with Gasteiger partial charge in [-0.3, -0.25) is 9.36 Å². The van der Waals surface area contributed by atoms with Gasteiger partial charge in [0.15, 0.2) is 6.23 Å². The summed E-state index contributed by atoms with van der Waals surface area (Å²) in [4.78, 5) is 40.0. The Morgan fingerprint density at radius 3 is 2.75 bits per heavy atom. The number of nitrogens with one attached hydrogen (secondary N) is 1. The molecule has 0 saturated carbocycles.